The smallest absolute Gasteiger partial charge is 0.407 e. The molecular formula is C22H34N6O3. The van der Waals surface area contributed by atoms with Crippen LogP contribution < -0.4 is 16.0 Å². The van der Waals surface area contributed by atoms with Crippen LogP contribution in [0.15, 0.2) is 33.8 Å². The minimum Gasteiger partial charge on any atom is -0.444 e. The average molecular weight is 431 g/mol. The van der Waals surface area contributed by atoms with Crippen LogP contribution >= 0.6 is 0 Å². The normalized spacial score (nSPS) is 11.8. The van der Waals surface area contributed by atoms with Crippen LogP contribution in [0.4, 0.5) is 4.79 Å². The predicted molar refractivity (Wildman–Crippen MR) is 121 cm³/mol. The first-order valence-electron chi connectivity index (χ1n) is 10.7. The van der Waals surface area contributed by atoms with Crippen LogP contribution in [0.3, 0.4) is 0 Å². The zero-order valence-corrected chi connectivity index (χ0v) is 19.1. The van der Waals surface area contributed by atoms with Gasteiger partial charge in [0.05, 0.1) is 0 Å². The number of alkyl carbamates (subject to hydrolysis) is 1. The third kappa shape index (κ3) is 9.06. The number of nitrogens with one attached hydrogen (secondary N) is 3. The highest BCUT2D eigenvalue weighted by molar-refractivity contribution is 5.79. The molecule has 0 spiro atoms. The fraction of sp³-hybridized carbons (Fsp3) is 0.545. The average Bonchev–Trinajstić information content (AvgIpc) is 3.19. The van der Waals surface area contributed by atoms with Gasteiger partial charge >= 0.3 is 6.09 Å². The molecule has 31 heavy (non-hydrogen) atoms. The lowest BCUT2D eigenvalue weighted by Gasteiger charge is -2.19. The first-order valence-corrected chi connectivity index (χ1v) is 10.7. The molecule has 1 amide bonds. The zero-order valence-electron chi connectivity index (χ0n) is 19.1. The molecule has 1 aromatic carbocycles. The molecule has 1 heterocycles. The van der Waals surface area contributed by atoms with Gasteiger partial charge in [-0.3, -0.25) is 4.99 Å². The summed E-state index contributed by atoms with van der Waals surface area (Å²) in [6.45, 7) is 11.9. The highest BCUT2D eigenvalue weighted by Crippen LogP contribution is 2.18. The number of aryl methyl sites for hydroxylation is 1. The van der Waals surface area contributed by atoms with Crippen molar-refractivity contribution in [2.24, 2.45) is 4.99 Å². The third-order valence-electron chi connectivity index (χ3n) is 4.09. The quantitative estimate of drug-likeness (QED) is 0.318. The van der Waals surface area contributed by atoms with Crippen LogP contribution in [0.2, 0.25) is 0 Å². The van der Waals surface area contributed by atoms with Crippen molar-refractivity contribution in [3.63, 3.8) is 0 Å². The number of rotatable bonds is 9. The van der Waals surface area contributed by atoms with Crippen molar-refractivity contribution < 1.29 is 14.1 Å². The summed E-state index contributed by atoms with van der Waals surface area (Å²) >= 11 is 0. The highest BCUT2D eigenvalue weighted by Gasteiger charge is 2.15. The Hall–Kier alpha value is -3.10. The van der Waals surface area contributed by atoms with Crippen molar-refractivity contribution in [3.8, 4) is 11.5 Å². The molecule has 0 fully saturated rings. The van der Waals surface area contributed by atoms with Crippen molar-refractivity contribution in [1.29, 1.82) is 0 Å². The van der Waals surface area contributed by atoms with E-state index in [0.29, 0.717) is 37.3 Å². The van der Waals surface area contributed by atoms with Crippen LogP contribution in [0.1, 0.15) is 46.0 Å². The lowest BCUT2D eigenvalue weighted by molar-refractivity contribution is 0.0529. The number of ether oxygens (including phenoxy) is 1. The van der Waals surface area contributed by atoms with Crippen molar-refractivity contribution in [3.05, 3.63) is 35.7 Å². The van der Waals surface area contributed by atoms with E-state index < -0.39 is 11.7 Å². The van der Waals surface area contributed by atoms with Gasteiger partial charge in [0.15, 0.2) is 11.8 Å². The van der Waals surface area contributed by atoms with Gasteiger partial charge in [-0.2, -0.15) is 4.98 Å². The maximum atomic E-state index is 11.7. The molecule has 3 N–H and O–H groups in total. The SMILES string of the molecule is CCNC(=NCCc1ccc(-c2nc(CC)no2)cc1)NCCNC(=O)OC(C)(C)C. The van der Waals surface area contributed by atoms with E-state index in [0.717, 1.165) is 24.9 Å². The molecule has 0 saturated heterocycles. The Bertz CT molecular complexity index is 840. The van der Waals surface area contributed by atoms with E-state index in [-0.39, 0.29) is 0 Å². The molecule has 0 atom stereocenters. The standard InChI is InChI=1S/C22H34N6O3/c1-6-18-27-19(31-28-18)17-10-8-16(9-11-17)12-13-24-20(23-7-2)25-14-15-26-21(29)30-22(3,4)5/h8-11H,6-7,12-15H2,1-5H3,(H,26,29)(H2,23,24,25). The van der Waals surface area contributed by atoms with Gasteiger partial charge in [-0.1, -0.05) is 24.2 Å². The topological polar surface area (TPSA) is 114 Å². The second-order valence-corrected chi connectivity index (χ2v) is 7.93. The molecule has 0 unspecified atom stereocenters. The van der Waals surface area contributed by atoms with Crippen LogP contribution in [-0.2, 0) is 17.6 Å². The third-order valence-corrected chi connectivity index (χ3v) is 4.09. The first kappa shape index (κ1) is 24.2. The monoisotopic (exact) mass is 430 g/mol. The van der Waals surface area contributed by atoms with E-state index in [2.05, 4.69) is 31.1 Å². The van der Waals surface area contributed by atoms with Crippen molar-refractivity contribution in [2.45, 2.75) is 53.1 Å². The Kier molecular flexibility index (Phi) is 9.30. The Balaban J connectivity index is 1.78. The molecule has 9 nitrogen and oxygen atoms in total. The van der Waals surface area contributed by atoms with Gasteiger partial charge in [0.2, 0.25) is 0 Å². The number of amides is 1. The fourth-order valence-corrected chi connectivity index (χ4v) is 2.63. The molecule has 0 aliphatic heterocycles. The van der Waals surface area contributed by atoms with Gasteiger partial charge in [0.25, 0.3) is 5.89 Å². The lowest BCUT2D eigenvalue weighted by Crippen LogP contribution is -2.42. The Morgan fingerprint density at radius 1 is 1.10 bits per heavy atom. The largest absolute Gasteiger partial charge is 0.444 e. The number of hydrogen-bond acceptors (Lipinski definition) is 6. The van der Waals surface area contributed by atoms with Crippen molar-refractivity contribution >= 4 is 12.1 Å². The van der Waals surface area contributed by atoms with Crippen molar-refractivity contribution in [2.75, 3.05) is 26.2 Å². The van der Waals surface area contributed by atoms with Gasteiger partial charge in [0.1, 0.15) is 5.60 Å². The Morgan fingerprint density at radius 3 is 2.42 bits per heavy atom. The summed E-state index contributed by atoms with van der Waals surface area (Å²) in [5.74, 6) is 1.96. The molecule has 0 bridgehead atoms. The van der Waals surface area contributed by atoms with Crippen molar-refractivity contribution in [1.82, 2.24) is 26.1 Å². The van der Waals surface area contributed by atoms with E-state index in [1.54, 1.807) is 0 Å². The molecule has 1 aromatic heterocycles. The summed E-state index contributed by atoms with van der Waals surface area (Å²) in [5.41, 5.74) is 1.58. The van der Waals surface area contributed by atoms with E-state index >= 15 is 0 Å². The number of aliphatic imine (C=N–C) groups is 1. The summed E-state index contributed by atoms with van der Waals surface area (Å²) in [6, 6.07) is 8.06. The zero-order chi connectivity index (χ0) is 22.7. The second-order valence-electron chi connectivity index (χ2n) is 7.93. The number of hydrogen-bond donors (Lipinski definition) is 3. The number of guanidine groups is 1. The van der Waals surface area contributed by atoms with Gasteiger partial charge in [-0.25, -0.2) is 4.79 Å². The van der Waals surface area contributed by atoms with Crippen LogP contribution in [0, 0.1) is 0 Å². The van der Waals surface area contributed by atoms with Crippen LogP contribution in [-0.4, -0.2) is 54.0 Å². The minimum atomic E-state index is -0.504. The lowest BCUT2D eigenvalue weighted by atomic mass is 10.1. The predicted octanol–water partition coefficient (Wildman–Crippen LogP) is 2.92. The van der Waals surface area contributed by atoms with E-state index in [1.165, 1.54) is 5.56 Å². The van der Waals surface area contributed by atoms with Gasteiger partial charge < -0.3 is 25.2 Å². The molecule has 170 valence electrons. The maximum absolute atomic E-state index is 11.7. The molecule has 0 saturated carbocycles. The first-order chi connectivity index (χ1) is 14.8. The highest BCUT2D eigenvalue weighted by atomic mass is 16.6. The fourth-order valence-electron chi connectivity index (χ4n) is 2.63. The summed E-state index contributed by atoms with van der Waals surface area (Å²) in [6.07, 6.45) is 1.13. The maximum Gasteiger partial charge on any atom is 0.407 e. The molecule has 2 aromatic rings. The summed E-state index contributed by atoms with van der Waals surface area (Å²) in [4.78, 5) is 20.6. The summed E-state index contributed by atoms with van der Waals surface area (Å²) in [5, 5.41) is 13.1. The summed E-state index contributed by atoms with van der Waals surface area (Å²) < 4.78 is 10.5. The molecule has 0 aliphatic carbocycles. The number of aromatic nitrogens is 2. The molecule has 2 rings (SSSR count). The number of carbonyl (C=O) groups excluding carboxylic acids is 1. The second kappa shape index (κ2) is 11.9. The van der Waals surface area contributed by atoms with Crippen LogP contribution in [0.25, 0.3) is 11.5 Å². The minimum absolute atomic E-state index is 0.425. The number of nitrogens with zero attached hydrogens (tertiary/aromatic N) is 3. The van der Waals surface area contributed by atoms with Gasteiger partial charge in [0, 0.05) is 38.2 Å². The number of benzene rings is 1. The Morgan fingerprint density at radius 2 is 1.81 bits per heavy atom. The van der Waals surface area contributed by atoms with Crippen LogP contribution in [0.5, 0.6) is 0 Å². The number of carbonyl (C=O) groups is 1. The van der Waals surface area contributed by atoms with Gasteiger partial charge in [-0.05, 0) is 51.8 Å². The molecular weight excluding hydrogens is 396 g/mol. The van der Waals surface area contributed by atoms with Gasteiger partial charge in [-0.15, -0.1) is 0 Å². The van der Waals surface area contributed by atoms with E-state index in [9.17, 15) is 4.79 Å². The van der Waals surface area contributed by atoms with E-state index in [1.807, 2.05) is 58.9 Å². The molecule has 0 radical (unpaired) electrons. The van der Waals surface area contributed by atoms with E-state index in [4.69, 9.17) is 9.26 Å². The Labute approximate surface area is 184 Å². The molecule has 9 heteroatoms. The summed E-state index contributed by atoms with van der Waals surface area (Å²) in [7, 11) is 0. The molecule has 0 aliphatic rings.